The summed E-state index contributed by atoms with van der Waals surface area (Å²) in [7, 11) is 0. The minimum absolute atomic E-state index is 0.00809. The second kappa shape index (κ2) is 12.3. The Labute approximate surface area is 312 Å². The minimum Gasteiger partial charge on any atom is -0.461 e. The van der Waals surface area contributed by atoms with Crippen LogP contribution < -0.4 is 20.7 Å². The first-order chi connectivity index (χ1) is 25.2. The van der Waals surface area contributed by atoms with Gasteiger partial charge in [0.05, 0.1) is 32.9 Å². The number of rotatable bonds is 7. The molecule has 0 radical (unpaired) electrons. The summed E-state index contributed by atoms with van der Waals surface area (Å²) >= 11 is 9.80. The van der Waals surface area contributed by atoms with Crippen molar-refractivity contribution in [3.63, 3.8) is 0 Å². The number of piperazine rings is 1. The number of anilines is 2. The predicted octanol–water partition coefficient (Wildman–Crippen LogP) is 5.79. The van der Waals surface area contributed by atoms with E-state index in [1.165, 1.54) is 25.0 Å². The van der Waals surface area contributed by atoms with Crippen LogP contribution in [-0.4, -0.2) is 99.7 Å². The Morgan fingerprint density at radius 3 is 2.62 bits per heavy atom. The summed E-state index contributed by atoms with van der Waals surface area (Å²) in [5.41, 5.74) is 6.43. The standard InChI is InChI=1S/C37H37ClF2N8O2S2/c38-24-11-22-30(28(40)27(24)21-5-6-25(39)32-26(21)23(12-41)33(42)52-32)44-36(50-17-37-7-1-9-47(37)10-2-8-37)45-34(22)48-19-13-46(14-20(48)16-51-15-19)35(49)31-29(43-31)18-3-4-18/h5-6,11,18-20,29,31,43H,1-4,7-10,13-17,42H2/t19?,20?,29-,31-/m1/s1. The molecule has 2 aromatic heterocycles. The molecular weight excluding hydrogens is 726 g/mol. The average molecular weight is 763 g/mol. The molecule has 7 heterocycles. The van der Waals surface area contributed by atoms with Crippen LogP contribution in [0.15, 0.2) is 18.2 Å². The second-order valence-electron chi connectivity index (χ2n) is 15.2. The van der Waals surface area contributed by atoms with E-state index in [0.717, 1.165) is 61.6 Å². The van der Waals surface area contributed by atoms with Crippen molar-refractivity contribution in [1.29, 1.82) is 5.26 Å². The van der Waals surface area contributed by atoms with Gasteiger partial charge >= 0.3 is 6.01 Å². The van der Waals surface area contributed by atoms with Crippen LogP contribution in [-0.2, 0) is 4.79 Å². The van der Waals surface area contributed by atoms with Crippen molar-refractivity contribution in [2.75, 3.05) is 54.9 Å². The molecule has 270 valence electrons. The summed E-state index contributed by atoms with van der Waals surface area (Å²) < 4.78 is 39.0. The Morgan fingerprint density at radius 1 is 1.15 bits per heavy atom. The van der Waals surface area contributed by atoms with E-state index in [-0.39, 0.29) is 77.9 Å². The molecule has 1 saturated carbocycles. The maximum absolute atomic E-state index is 17.3. The third-order valence-electron chi connectivity index (χ3n) is 12.2. The van der Waals surface area contributed by atoms with E-state index < -0.39 is 11.6 Å². The molecule has 2 bridgehead atoms. The van der Waals surface area contributed by atoms with E-state index in [2.05, 4.69) is 21.2 Å². The lowest BCUT2D eigenvalue weighted by atomic mass is 9.95. The molecule has 1 aliphatic carbocycles. The number of hydrogen-bond donors (Lipinski definition) is 2. The van der Waals surface area contributed by atoms with Crippen molar-refractivity contribution >= 4 is 72.4 Å². The molecular formula is C37H37ClF2N8O2S2. The van der Waals surface area contributed by atoms with Crippen molar-refractivity contribution in [2.24, 2.45) is 5.92 Å². The predicted molar refractivity (Wildman–Crippen MR) is 200 cm³/mol. The maximum Gasteiger partial charge on any atom is 0.319 e. The highest BCUT2D eigenvalue weighted by atomic mass is 35.5. The number of fused-ring (bicyclic) bond motifs is 5. The summed E-state index contributed by atoms with van der Waals surface area (Å²) in [5.74, 6) is 1.62. The molecule has 2 unspecified atom stereocenters. The number of benzene rings is 2. The lowest BCUT2D eigenvalue weighted by Crippen LogP contribution is -2.65. The molecule has 6 aliphatic rings. The number of nitrogen functional groups attached to an aromatic ring is 1. The molecule has 52 heavy (non-hydrogen) atoms. The molecule has 6 fully saturated rings. The van der Waals surface area contributed by atoms with Crippen LogP contribution in [0, 0.1) is 28.9 Å². The number of nitrogens with one attached hydrogen (secondary N) is 1. The summed E-state index contributed by atoms with van der Waals surface area (Å²) in [5, 5.41) is 14.3. The third kappa shape index (κ3) is 5.17. The van der Waals surface area contributed by atoms with E-state index in [0.29, 0.717) is 42.9 Å². The quantitative estimate of drug-likeness (QED) is 0.223. The number of ether oxygens (including phenoxy) is 1. The van der Waals surface area contributed by atoms with Crippen LogP contribution in [0.3, 0.4) is 0 Å². The van der Waals surface area contributed by atoms with Crippen molar-refractivity contribution in [3.8, 4) is 23.2 Å². The zero-order valence-electron chi connectivity index (χ0n) is 28.3. The fourth-order valence-corrected chi connectivity index (χ4v) is 11.9. The van der Waals surface area contributed by atoms with Crippen LogP contribution in [0.2, 0.25) is 5.02 Å². The Morgan fingerprint density at radius 2 is 1.90 bits per heavy atom. The van der Waals surface area contributed by atoms with Crippen LogP contribution in [0.4, 0.5) is 19.6 Å². The zero-order chi connectivity index (χ0) is 35.5. The van der Waals surface area contributed by atoms with Gasteiger partial charge in [-0.25, -0.2) is 8.78 Å². The van der Waals surface area contributed by atoms with E-state index in [1.54, 1.807) is 6.07 Å². The van der Waals surface area contributed by atoms with Crippen LogP contribution in [0.25, 0.3) is 32.1 Å². The molecule has 10 rings (SSSR count). The summed E-state index contributed by atoms with van der Waals surface area (Å²) in [4.78, 5) is 30.1. The number of nitrogens with two attached hydrogens (primary N) is 1. The monoisotopic (exact) mass is 762 g/mol. The second-order valence-corrected chi connectivity index (χ2v) is 17.8. The topological polar surface area (TPSA) is 134 Å². The van der Waals surface area contributed by atoms with Gasteiger partial charge in [-0.2, -0.15) is 27.0 Å². The fourth-order valence-electron chi connectivity index (χ4n) is 9.46. The Kier molecular flexibility index (Phi) is 7.82. The third-order valence-corrected chi connectivity index (χ3v) is 14.7. The highest BCUT2D eigenvalue weighted by Crippen LogP contribution is 2.47. The zero-order valence-corrected chi connectivity index (χ0v) is 30.7. The van der Waals surface area contributed by atoms with Gasteiger partial charge in [0.25, 0.3) is 0 Å². The maximum atomic E-state index is 17.3. The molecule has 10 nitrogen and oxygen atoms in total. The molecule has 5 aliphatic heterocycles. The first kappa shape index (κ1) is 33.1. The Bertz CT molecular complexity index is 2190. The Hall–Kier alpha value is -3.48. The van der Waals surface area contributed by atoms with Gasteiger partial charge in [0.1, 0.15) is 40.9 Å². The highest BCUT2D eigenvalue weighted by molar-refractivity contribution is 7.99. The molecule has 4 atom stereocenters. The van der Waals surface area contributed by atoms with Crippen molar-refractivity contribution in [1.82, 2.24) is 25.1 Å². The lowest BCUT2D eigenvalue weighted by Gasteiger charge is -2.50. The number of thiophene rings is 1. The van der Waals surface area contributed by atoms with Crippen molar-refractivity contribution < 1.29 is 18.3 Å². The van der Waals surface area contributed by atoms with Gasteiger partial charge in [-0.1, -0.05) is 17.7 Å². The van der Waals surface area contributed by atoms with Gasteiger partial charge in [-0.15, -0.1) is 11.3 Å². The van der Waals surface area contributed by atoms with Gasteiger partial charge in [-0.05, 0) is 75.2 Å². The van der Waals surface area contributed by atoms with E-state index in [4.69, 9.17) is 32.0 Å². The first-order valence-electron chi connectivity index (χ1n) is 18.1. The normalized spacial score (nSPS) is 26.6. The van der Waals surface area contributed by atoms with E-state index in [1.807, 2.05) is 16.7 Å². The van der Waals surface area contributed by atoms with E-state index >= 15 is 8.78 Å². The molecule has 2 aromatic carbocycles. The highest BCUT2D eigenvalue weighted by Gasteiger charge is 2.53. The number of carbonyl (C=O) groups excluding carboxylic acids is 1. The minimum atomic E-state index is -0.710. The molecule has 1 amide bonds. The number of carbonyl (C=O) groups is 1. The van der Waals surface area contributed by atoms with Gasteiger partial charge in [0.15, 0.2) is 5.82 Å². The number of nitrogens with zero attached hydrogens (tertiary/aromatic N) is 6. The largest absolute Gasteiger partial charge is 0.461 e. The fraction of sp³-hybridized carbons (Fsp3) is 0.514. The van der Waals surface area contributed by atoms with Crippen LogP contribution in [0.1, 0.15) is 44.1 Å². The molecule has 4 aromatic rings. The summed E-state index contributed by atoms with van der Waals surface area (Å²) in [6.07, 6.45) is 6.65. The summed E-state index contributed by atoms with van der Waals surface area (Å²) in [6, 6.07) is 6.60. The van der Waals surface area contributed by atoms with Gasteiger partial charge in [-0.3, -0.25) is 15.0 Å². The van der Waals surface area contributed by atoms with E-state index in [9.17, 15) is 10.1 Å². The smallest absolute Gasteiger partial charge is 0.319 e. The Balaban J connectivity index is 1.08. The van der Waals surface area contributed by atoms with Crippen molar-refractivity contribution in [3.05, 3.63) is 40.4 Å². The van der Waals surface area contributed by atoms with Gasteiger partial charge in [0, 0.05) is 47.0 Å². The number of aromatic nitrogens is 2. The number of thioether (sulfide) groups is 1. The molecule has 0 spiro atoms. The number of hydrogen-bond acceptors (Lipinski definition) is 11. The van der Waals surface area contributed by atoms with Crippen LogP contribution >= 0.6 is 34.7 Å². The van der Waals surface area contributed by atoms with Gasteiger partial charge in [0.2, 0.25) is 5.91 Å². The SMILES string of the molecule is N#Cc1c(N)sc2c(F)ccc(-c3c(Cl)cc4c(N5C6CSCC5CN(C(=O)[C@@H]5N[C@@H]5C5CC5)C6)nc(OCC56CCCN5CCC6)nc4c3F)c12. The van der Waals surface area contributed by atoms with Gasteiger partial charge < -0.3 is 20.3 Å². The molecule has 3 N–H and O–H groups in total. The average Bonchev–Trinajstić information content (AvgIpc) is 4.01. The molecule has 5 saturated heterocycles. The first-order valence-corrected chi connectivity index (χ1v) is 20.5. The molecule has 15 heteroatoms. The number of amides is 1. The lowest BCUT2D eigenvalue weighted by molar-refractivity contribution is -0.132. The summed E-state index contributed by atoms with van der Waals surface area (Å²) in [6.45, 7) is 3.55. The van der Waals surface area contributed by atoms with Crippen molar-refractivity contribution in [2.45, 2.75) is 68.2 Å². The number of nitriles is 1. The number of halogens is 3. The van der Waals surface area contributed by atoms with Crippen LogP contribution in [0.5, 0.6) is 6.01 Å².